The van der Waals surface area contributed by atoms with Crippen molar-refractivity contribution in [1.29, 1.82) is 0 Å². The fourth-order valence-corrected chi connectivity index (χ4v) is 3.56. The Balaban J connectivity index is 0.000000269. The van der Waals surface area contributed by atoms with Crippen LogP contribution in [0.15, 0.2) is 85.1 Å². The highest BCUT2D eigenvalue weighted by molar-refractivity contribution is 6.06. The van der Waals surface area contributed by atoms with Crippen LogP contribution in [0.25, 0.3) is 0 Å². The fraction of sp³-hybridized carbons (Fsp3) is 0.185. The van der Waals surface area contributed by atoms with E-state index in [0.717, 1.165) is 23.6 Å². The lowest BCUT2D eigenvalue weighted by atomic mass is 10.2. The molecule has 3 aromatic carbocycles. The predicted molar refractivity (Wildman–Crippen MR) is 129 cm³/mol. The van der Waals surface area contributed by atoms with Crippen LogP contribution in [-0.2, 0) is 11.3 Å². The number of anilines is 2. The van der Waals surface area contributed by atoms with E-state index in [2.05, 4.69) is 12.1 Å². The second kappa shape index (κ2) is 10.0. The minimum Gasteiger partial charge on any atom is -0.489 e. The van der Waals surface area contributed by atoms with Crippen LogP contribution >= 0.6 is 0 Å². The summed E-state index contributed by atoms with van der Waals surface area (Å²) in [6.45, 7) is 5.39. The first-order valence-electron chi connectivity index (χ1n) is 10.9. The highest BCUT2D eigenvalue weighted by Crippen LogP contribution is 2.25. The molecule has 6 rings (SSSR count). The van der Waals surface area contributed by atoms with Crippen molar-refractivity contribution >= 4 is 23.4 Å². The van der Waals surface area contributed by atoms with Gasteiger partial charge in [-0.05, 0) is 79.6 Å². The van der Waals surface area contributed by atoms with Crippen molar-refractivity contribution in [3.8, 4) is 5.75 Å². The van der Waals surface area contributed by atoms with Crippen LogP contribution in [0.4, 0.5) is 16.2 Å². The molecule has 0 radical (unpaired) electrons. The number of amides is 2. The van der Waals surface area contributed by atoms with Crippen molar-refractivity contribution in [3.05, 3.63) is 102 Å². The summed E-state index contributed by atoms with van der Waals surface area (Å²) in [5.41, 5.74) is 4.40. The molecule has 0 fully saturated rings. The first-order chi connectivity index (χ1) is 16.0. The monoisotopic (exact) mass is 442 g/mol. The molecule has 0 aromatic heterocycles. The van der Waals surface area contributed by atoms with E-state index in [1.54, 1.807) is 47.2 Å². The molecule has 0 saturated carbocycles. The number of nitrogens with zero attached hydrogens (tertiary/aromatic N) is 2. The fourth-order valence-electron chi connectivity index (χ4n) is 3.56. The molecule has 2 amide bonds. The van der Waals surface area contributed by atoms with Crippen LogP contribution in [-0.4, -0.2) is 25.2 Å². The second-order valence-corrected chi connectivity index (χ2v) is 7.69. The molecule has 0 unspecified atom stereocenters. The summed E-state index contributed by atoms with van der Waals surface area (Å²) in [4.78, 5) is 27.9. The lowest BCUT2D eigenvalue weighted by Gasteiger charge is -2.31. The van der Waals surface area contributed by atoms with Crippen molar-refractivity contribution in [1.82, 2.24) is 0 Å². The van der Waals surface area contributed by atoms with Gasteiger partial charge in [0, 0.05) is 18.4 Å². The Bertz CT molecular complexity index is 1130. The van der Waals surface area contributed by atoms with E-state index >= 15 is 0 Å². The maximum absolute atomic E-state index is 12.9. The van der Waals surface area contributed by atoms with E-state index in [1.165, 1.54) is 5.56 Å². The van der Waals surface area contributed by atoms with Crippen LogP contribution in [0.5, 0.6) is 5.75 Å². The Hall–Kier alpha value is -4.06. The van der Waals surface area contributed by atoms with Gasteiger partial charge in [0.1, 0.15) is 12.4 Å². The molecule has 168 valence electrons. The van der Waals surface area contributed by atoms with Crippen LogP contribution in [0, 0.1) is 6.92 Å². The summed E-state index contributed by atoms with van der Waals surface area (Å²) in [6, 6.07) is 22.7. The summed E-state index contributed by atoms with van der Waals surface area (Å²) in [6.07, 6.45) is 3.69. The molecule has 3 aliphatic heterocycles. The van der Waals surface area contributed by atoms with Gasteiger partial charge in [-0.1, -0.05) is 24.3 Å². The standard InChI is InChI=1S/C20H20N2O3.C7H6O/c1-3-25-19(23)16-8-10-17(11-9-16)21-12-5-13-22(20(21)24)18-7-4-6-15(2)14-18;1-3-7-4-2-6(1)5-8-7/h4-12,14H,3,13H2,1-2H3;1-4H,5H2. The summed E-state index contributed by atoms with van der Waals surface area (Å²) in [5, 5.41) is 0. The Morgan fingerprint density at radius 2 is 1.76 bits per heavy atom. The number of hydrogen-bond donors (Lipinski definition) is 0. The third-order valence-corrected chi connectivity index (χ3v) is 5.28. The van der Waals surface area contributed by atoms with Gasteiger partial charge < -0.3 is 9.47 Å². The zero-order valence-electron chi connectivity index (χ0n) is 18.7. The molecular weight excluding hydrogens is 416 g/mol. The molecule has 3 aliphatic rings. The number of aryl methyl sites for hydroxylation is 1. The van der Waals surface area contributed by atoms with Crippen molar-refractivity contribution in [2.75, 3.05) is 23.0 Å². The van der Waals surface area contributed by atoms with E-state index in [-0.39, 0.29) is 12.0 Å². The van der Waals surface area contributed by atoms with Crippen molar-refractivity contribution in [3.63, 3.8) is 0 Å². The van der Waals surface area contributed by atoms with Gasteiger partial charge in [-0.3, -0.25) is 9.80 Å². The smallest absolute Gasteiger partial charge is 0.338 e. The Morgan fingerprint density at radius 3 is 2.30 bits per heavy atom. The van der Waals surface area contributed by atoms with Gasteiger partial charge in [0.2, 0.25) is 0 Å². The lowest BCUT2D eigenvalue weighted by Crippen LogP contribution is -2.44. The maximum atomic E-state index is 12.9. The van der Waals surface area contributed by atoms with Gasteiger partial charge in [0.05, 0.1) is 17.9 Å². The van der Waals surface area contributed by atoms with Crippen LogP contribution in [0.3, 0.4) is 0 Å². The predicted octanol–water partition coefficient (Wildman–Crippen LogP) is 5.71. The molecule has 2 bridgehead atoms. The molecule has 0 atom stereocenters. The number of rotatable bonds is 4. The van der Waals surface area contributed by atoms with E-state index < -0.39 is 0 Å². The molecule has 3 heterocycles. The summed E-state index contributed by atoms with van der Waals surface area (Å²) >= 11 is 0. The highest BCUT2D eigenvalue weighted by atomic mass is 16.5. The molecular formula is C27H26N2O4. The van der Waals surface area contributed by atoms with Crippen molar-refractivity contribution < 1.29 is 19.1 Å². The first-order valence-corrected chi connectivity index (χ1v) is 10.9. The molecule has 6 heteroatoms. The maximum Gasteiger partial charge on any atom is 0.338 e. The van der Waals surface area contributed by atoms with Gasteiger partial charge in [0.15, 0.2) is 0 Å². The van der Waals surface area contributed by atoms with Gasteiger partial charge >= 0.3 is 12.0 Å². The van der Waals surface area contributed by atoms with Crippen molar-refractivity contribution in [2.45, 2.75) is 20.5 Å². The van der Waals surface area contributed by atoms with Crippen molar-refractivity contribution in [2.24, 2.45) is 0 Å². The SMILES string of the molecule is CCOC(=O)c1ccc(N2C=CCN(c3cccc(C)c3)C2=O)cc1.c1cc2ccc1CO2. The van der Waals surface area contributed by atoms with Gasteiger partial charge in [0.25, 0.3) is 0 Å². The number of benzene rings is 3. The number of carbonyl (C=O) groups excluding carboxylic acids is 2. The average molecular weight is 443 g/mol. The summed E-state index contributed by atoms with van der Waals surface area (Å²) in [5.74, 6) is 0.621. The first kappa shape index (κ1) is 22.1. The number of urea groups is 1. The average Bonchev–Trinajstić information content (AvgIpc) is 2.86. The third-order valence-electron chi connectivity index (χ3n) is 5.28. The molecule has 0 aliphatic carbocycles. The Morgan fingerprint density at radius 1 is 1.00 bits per heavy atom. The molecule has 0 N–H and O–H groups in total. The molecule has 3 aromatic rings. The van der Waals surface area contributed by atoms with Gasteiger partial charge in [-0.2, -0.15) is 0 Å². The van der Waals surface area contributed by atoms with Gasteiger partial charge in [-0.25, -0.2) is 9.59 Å². The lowest BCUT2D eigenvalue weighted by molar-refractivity contribution is 0.0526. The number of carbonyl (C=O) groups is 2. The highest BCUT2D eigenvalue weighted by Gasteiger charge is 2.25. The zero-order chi connectivity index (χ0) is 23.2. The van der Waals surface area contributed by atoms with Crippen LogP contribution in [0.1, 0.15) is 28.4 Å². The van der Waals surface area contributed by atoms with E-state index in [9.17, 15) is 9.59 Å². The Kier molecular flexibility index (Phi) is 6.74. The topological polar surface area (TPSA) is 59.1 Å². The number of fused-ring (bicyclic) bond motifs is 3. The number of esters is 1. The molecule has 0 saturated heterocycles. The second-order valence-electron chi connectivity index (χ2n) is 7.69. The normalized spacial score (nSPS) is 13.8. The zero-order valence-corrected chi connectivity index (χ0v) is 18.7. The minimum absolute atomic E-state index is 0.128. The Labute approximate surface area is 193 Å². The summed E-state index contributed by atoms with van der Waals surface area (Å²) < 4.78 is 10.2. The van der Waals surface area contributed by atoms with Crippen LogP contribution < -0.4 is 14.5 Å². The molecule has 0 spiro atoms. The third kappa shape index (κ3) is 5.23. The van der Waals surface area contributed by atoms with E-state index in [4.69, 9.17) is 9.47 Å². The van der Waals surface area contributed by atoms with E-state index in [1.807, 2.05) is 49.4 Å². The number of ether oxygens (including phenoxy) is 2. The largest absolute Gasteiger partial charge is 0.489 e. The van der Waals surface area contributed by atoms with E-state index in [0.29, 0.717) is 24.4 Å². The minimum atomic E-state index is -0.365. The molecule has 33 heavy (non-hydrogen) atoms. The van der Waals surface area contributed by atoms with Gasteiger partial charge in [-0.15, -0.1) is 0 Å². The molecule has 6 nitrogen and oxygen atoms in total. The number of hydrogen-bond acceptors (Lipinski definition) is 4. The van der Waals surface area contributed by atoms with Crippen LogP contribution in [0.2, 0.25) is 0 Å². The quantitative estimate of drug-likeness (QED) is 0.486. The summed E-state index contributed by atoms with van der Waals surface area (Å²) in [7, 11) is 0.